The highest BCUT2D eigenvalue weighted by Gasteiger charge is 2.35. The van der Waals surface area contributed by atoms with Gasteiger partial charge in [-0.25, -0.2) is 8.42 Å². The summed E-state index contributed by atoms with van der Waals surface area (Å²) in [6.07, 6.45) is 5.88. The molecule has 116 valence electrons. The van der Waals surface area contributed by atoms with Crippen molar-refractivity contribution in [1.29, 1.82) is 0 Å². The van der Waals surface area contributed by atoms with Crippen LogP contribution in [0.15, 0.2) is 18.3 Å². The van der Waals surface area contributed by atoms with E-state index in [1.165, 1.54) is 11.3 Å². The molecule has 1 aromatic rings. The van der Waals surface area contributed by atoms with Gasteiger partial charge < -0.3 is 5.32 Å². The Bertz CT molecular complexity index is 600. The number of nitrogens with one attached hydrogen (secondary N) is 1. The smallest absolute Gasteiger partial charge is 0.150 e. The highest BCUT2D eigenvalue weighted by molar-refractivity contribution is 7.91. The zero-order valence-corrected chi connectivity index (χ0v) is 13.4. The maximum absolute atomic E-state index is 11.7. The van der Waals surface area contributed by atoms with Crippen LogP contribution in [0.2, 0.25) is 0 Å². The Balaban J connectivity index is 1.74. The zero-order valence-electron chi connectivity index (χ0n) is 12.6. The average Bonchev–Trinajstić information content (AvgIpc) is 3.01. The first kappa shape index (κ1) is 15.0. The predicted octanol–water partition coefficient (Wildman–Crippen LogP) is 1.91. The van der Waals surface area contributed by atoms with Crippen LogP contribution in [0.25, 0.3) is 0 Å². The molecule has 1 aliphatic carbocycles. The second-order valence-electron chi connectivity index (χ2n) is 6.36. The van der Waals surface area contributed by atoms with Gasteiger partial charge in [-0.15, -0.1) is 0 Å². The minimum Gasteiger partial charge on any atom is -0.314 e. The fourth-order valence-corrected chi connectivity index (χ4v) is 5.78. The van der Waals surface area contributed by atoms with Crippen molar-refractivity contribution < 1.29 is 8.42 Å². The summed E-state index contributed by atoms with van der Waals surface area (Å²) in [5.74, 6) is 1.49. The Kier molecular flexibility index (Phi) is 4.31. The van der Waals surface area contributed by atoms with Crippen LogP contribution in [0.5, 0.6) is 0 Å². The summed E-state index contributed by atoms with van der Waals surface area (Å²) >= 11 is 0. The van der Waals surface area contributed by atoms with Crippen molar-refractivity contribution in [3.8, 4) is 0 Å². The molecule has 2 heterocycles. The molecule has 0 radical (unpaired) electrons. The summed E-state index contributed by atoms with van der Waals surface area (Å²) in [6.45, 7) is 3.04. The second-order valence-corrected chi connectivity index (χ2v) is 8.59. The van der Waals surface area contributed by atoms with Gasteiger partial charge in [-0.1, -0.05) is 13.0 Å². The fourth-order valence-electron chi connectivity index (χ4n) is 3.90. The SMILES string of the molecule is CCNC(CC1CCS(=O)(=O)C1)C1CCc2cccnc21. The summed E-state index contributed by atoms with van der Waals surface area (Å²) in [5, 5.41) is 3.58. The van der Waals surface area contributed by atoms with E-state index in [0.29, 0.717) is 29.4 Å². The second kappa shape index (κ2) is 6.05. The topological polar surface area (TPSA) is 59.1 Å². The van der Waals surface area contributed by atoms with Gasteiger partial charge in [0.1, 0.15) is 0 Å². The molecular formula is C16H24N2O2S. The molecule has 0 spiro atoms. The molecule has 1 aromatic heterocycles. The molecule has 3 atom stereocenters. The van der Waals surface area contributed by atoms with Crippen molar-refractivity contribution in [2.24, 2.45) is 5.92 Å². The van der Waals surface area contributed by atoms with E-state index < -0.39 is 9.84 Å². The van der Waals surface area contributed by atoms with Crippen molar-refractivity contribution in [3.05, 3.63) is 29.6 Å². The molecule has 0 saturated carbocycles. The molecule has 0 amide bonds. The lowest BCUT2D eigenvalue weighted by molar-refractivity contribution is 0.355. The summed E-state index contributed by atoms with van der Waals surface area (Å²) in [6, 6.07) is 4.53. The van der Waals surface area contributed by atoms with Gasteiger partial charge in [0.25, 0.3) is 0 Å². The highest BCUT2D eigenvalue weighted by Crippen LogP contribution is 2.37. The van der Waals surface area contributed by atoms with Gasteiger partial charge in [-0.3, -0.25) is 4.98 Å². The van der Waals surface area contributed by atoms with Crippen LogP contribution < -0.4 is 5.32 Å². The molecule has 3 unspecified atom stereocenters. The molecule has 5 heteroatoms. The Labute approximate surface area is 127 Å². The van der Waals surface area contributed by atoms with Crippen LogP contribution in [0.3, 0.4) is 0 Å². The maximum atomic E-state index is 11.7. The number of hydrogen-bond acceptors (Lipinski definition) is 4. The van der Waals surface area contributed by atoms with Gasteiger partial charge in [0.2, 0.25) is 0 Å². The summed E-state index contributed by atoms with van der Waals surface area (Å²) in [7, 11) is -2.78. The number of aryl methyl sites for hydroxylation is 1. The first-order chi connectivity index (χ1) is 10.1. The normalized spacial score (nSPS) is 28.4. The van der Waals surface area contributed by atoms with Crippen molar-refractivity contribution in [2.45, 2.75) is 44.6 Å². The van der Waals surface area contributed by atoms with E-state index in [1.807, 2.05) is 12.3 Å². The Hall–Kier alpha value is -0.940. The number of nitrogens with zero attached hydrogens (tertiary/aromatic N) is 1. The molecule has 4 nitrogen and oxygen atoms in total. The Morgan fingerprint density at radius 1 is 1.43 bits per heavy atom. The number of rotatable bonds is 5. The van der Waals surface area contributed by atoms with Crippen molar-refractivity contribution in [1.82, 2.24) is 10.3 Å². The van der Waals surface area contributed by atoms with Crippen molar-refractivity contribution in [3.63, 3.8) is 0 Å². The monoisotopic (exact) mass is 308 g/mol. The Morgan fingerprint density at radius 3 is 3.00 bits per heavy atom. The minimum atomic E-state index is -2.78. The standard InChI is InChI=1S/C16H24N2O2S/c1-2-17-15(10-12-7-9-21(19,20)11-12)14-6-5-13-4-3-8-18-16(13)14/h3-4,8,12,14-15,17H,2,5-7,9-11H2,1H3. The molecule has 2 aliphatic rings. The predicted molar refractivity (Wildman–Crippen MR) is 84.1 cm³/mol. The number of pyridine rings is 1. The molecule has 0 bridgehead atoms. The molecule has 1 N–H and O–H groups in total. The van der Waals surface area contributed by atoms with Crippen LogP contribution >= 0.6 is 0 Å². The van der Waals surface area contributed by atoms with E-state index in [-0.39, 0.29) is 0 Å². The van der Waals surface area contributed by atoms with Crippen molar-refractivity contribution >= 4 is 9.84 Å². The third-order valence-corrected chi connectivity index (χ3v) is 6.71. The lowest BCUT2D eigenvalue weighted by atomic mass is 9.88. The molecule has 3 rings (SSSR count). The van der Waals surface area contributed by atoms with Gasteiger partial charge in [0.15, 0.2) is 9.84 Å². The number of sulfone groups is 1. The van der Waals surface area contributed by atoms with Crippen LogP contribution in [0.4, 0.5) is 0 Å². The Morgan fingerprint density at radius 2 is 2.29 bits per heavy atom. The van der Waals surface area contributed by atoms with Crippen LogP contribution in [-0.4, -0.2) is 37.5 Å². The van der Waals surface area contributed by atoms with Crippen molar-refractivity contribution in [2.75, 3.05) is 18.1 Å². The zero-order chi connectivity index (χ0) is 14.9. The van der Waals surface area contributed by atoms with Gasteiger partial charge in [0, 0.05) is 23.9 Å². The first-order valence-electron chi connectivity index (χ1n) is 7.96. The number of fused-ring (bicyclic) bond motifs is 1. The van der Waals surface area contributed by atoms with Gasteiger partial charge >= 0.3 is 0 Å². The number of hydrogen-bond donors (Lipinski definition) is 1. The average molecular weight is 308 g/mol. The molecule has 0 aromatic carbocycles. The van der Waals surface area contributed by atoms with Gasteiger partial charge in [0.05, 0.1) is 11.5 Å². The molecule has 1 saturated heterocycles. The fraction of sp³-hybridized carbons (Fsp3) is 0.688. The molecular weight excluding hydrogens is 284 g/mol. The summed E-state index contributed by atoms with van der Waals surface area (Å²) in [4.78, 5) is 4.59. The van der Waals surface area contributed by atoms with E-state index in [9.17, 15) is 8.42 Å². The molecule has 21 heavy (non-hydrogen) atoms. The van der Waals surface area contributed by atoms with Crippen LogP contribution in [-0.2, 0) is 16.3 Å². The van der Waals surface area contributed by atoms with Gasteiger partial charge in [-0.05, 0) is 49.8 Å². The lowest BCUT2D eigenvalue weighted by Gasteiger charge is -2.27. The number of likely N-dealkylation sites (N-methyl/N-ethyl adjacent to an activating group) is 1. The van der Waals surface area contributed by atoms with Crippen LogP contribution in [0, 0.1) is 5.92 Å². The minimum absolute atomic E-state index is 0.312. The molecule has 1 aliphatic heterocycles. The lowest BCUT2D eigenvalue weighted by Crippen LogP contribution is -2.36. The van der Waals surface area contributed by atoms with E-state index in [2.05, 4.69) is 23.3 Å². The third kappa shape index (κ3) is 3.29. The summed E-state index contributed by atoms with van der Waals surface area (Å²) in [5.41, 5.74) is 2.59. The largest absolute Gasteiger partial charge is 0.314 e. The quantitative estimate of drug-likeness (QED) is 0.903. The first-order valence-corrected chi connectivity index (χ1v) is 9.79. The number of aromatic nitrogens is 1. The van der Waals surface area contributed by atoms with E-state index in [4.69, 9.17) is 0 Å². The van der Waals surface area contributed by atoms with E-state index in [0.717, 1.165) is 32.2 Å². The molecule has 1 fully saturated rings. The van der Waals surface area contributed by atoms with E-state index >= 15 is 0 Å². The maximum Gasteiger partial charge on any atom is 0.150 e. The van der Waals surface area contributed by atoms with E-state index in [1.54, 1.807) is 0 Å². The summed E-state index contributed by atoms with van der Waals surface area (Å²) < 4.78 is 23.3. The third-order valence-electron chi connectivity index (χ3n) is 4.87. The van der Waals surface area contributed by atoms with Crippen LogP contribution in [0.1, 0.15) is 43.4 Å². The highest BCUT2D eigenvalue weighted by atomic mass is 32.2. The van der Waals surface area contributed by atoms with Gasteiger partial charge in [-0.2, -0.15) is 0 Å².